The maximum atomic E-state index is 13.7. The molecule has 1 amide bonds. The maximum absolute atomic E-state index is 13.7. The molecular formula is C26H27N3O11. The molecule has 0 unspecified atom stereocenters. The van der Waals surface area contributed by atoms with Gasteiger partial charge in [-0.25, -0.2) is 0 Å². The van der Waals surface area contributed by atoms with Crippen LogP contribution in [-0.2, 0) is 20.0 Å². The van der Waals surface area contributed by atoms with Crippen molar-refractivity contribution >= 4 is 29.1 Å². The van der Waals surface area contributed by atoms with Gasteiger partial charge in [0.1, 0.15) is 27.8 Å². The molecule has 0 saturated heterocycles. The van der Waals surface area contributed by atoms with Crippen LogP contribution in [0.3, 0.4) is 0 Å². The number of aromatic hydroxyl groups is 1. The van der Waals surface area contributed by atoms with Crippen LogP contribution in [0, 0.1) is 22.0 Å². The second kappa shape index (κ2) is 9.59. The van der Waals surface area contributed by atoms with Gasteiger partial charge in [0.15, 0.2) is 11.4 Å². The highest BCUT2D eigenvalue weighted by Gasteiger charge is 2.66. The van der Waals surface area contributed by atoms with E-state index in [1.165, 1.54) is 62.5 Å². The number of carbonyl (C=O) groups excluding carboxylic acids is 3. The Morgan fingerprint density at radius 3 is 2.30 bits per heavy atom. The Balaban J connectivity index is 0.000000398. The minimum Gasteiger partial charge on any atom is -0.508 e. The number of amides is 1. The number of rotatable bonds is 3. The third-order valence-electron chi connectivity index (χ3n) is 7.71. The number of aliphatic hydroxyl groups excluding tert-OH is 2. The monoisotopic (exact) mass is 557 g/mol. The summed E-state index contributed by atoms with van der Waals surface area (Å²) in [6.07, 6.45) is 1.06. The molecule has 0 radical (unpaired) electrons. The molecule has 212 valence electrons. The number of phenolic OH excluding ortho intramolecular Hbond substituents is 1. The van der Waals surface area contributed by atoms with Crippen LogP contribution in [0.2, 0.25) is 0 Å². The average Bonchev–Trinajstić information content (AvgIpc) is 3.40. The molecule has 3 aliphatic carbocycles. The van der Waals surface area contributed by atoms with E-state index < -0.39 is 79.9 Å². The van der Waals surface area contributed by atoms with E-state index >= 15 is 0 Å². The normalized spacial score (nSPS) is 29.3. The van der Waals surface area contributed by atoms with Crippen molar-refractivity contribution in [1.29, 1.82) is 0 Å². The number of ketones is 2. The van der Waals surface area contributed by atoms with Crippen LogP contribution in [-0.4, -0.2) is 78.6 Å². The number of aliphatic hydroxyl groups is 4. The average molecular weight is 558 g/mol. The Labute approximate surface area is 226 Å². The smallest absolute Gasteiger partial charge is 0.432 e. The van der Waals surface area contributed by atoms with Gasteiger partial charge in [0.25, 0.3) is 5.91 Å². The minimum atomic E-state index is -2.75. The van der Waals surface area contributed by atoms with Crippen molar-refractivity contribution in [3.05, 3.63) is 74.7 Å². The van der Waals surface area contributed by atoms with Crippen molar-refractivity contribution in [2.24, 2.45) is 17.6 Å². The molecule has 14 nitrogen and oxygen atoms in total. The van der Waals surface area contributed by atoms with Crippen LogP contribution >= 0.6 is 0 Å². The van der Waals surface area contributed by atoms with Crippen LogP contribution in [0.4, 0.5) is 5.88 Å². The Hall–Kier alpha value is -4.53. The number of phenols is 1. The van der Waals surface area contributed by atoms with Crippen LogP contribution in [0.25, 0.3) is 5.76 Å². The number of nitro groups is 1. The molecule has 1 heterocycles. The Kier molecular flexibility index (Phi) is 6.82. The number of nitrogens with zero attached hydrogens (tertiary/aromatic N) is 2. The first kappa shape index (κ1) is 28.5. The number of Topliss-reactive ketones (excluding diaryl/α,β-unsaturated/α-hetero) is 2. The van der Waals surface area contributed by atoms with Crippen LogP contribution in [0.5, 0.6) is 5.75 Å². The fraction of sp³-hybridized carbons (Fsp3) is 0.346. The van der Waals surface area contributed by atoms with Gasteiger partial charge in [-0.3, -0.25) is 29.4 Å². The van der Waals surface area contributed by atoms with Gasteiger partial charge in [-0.2, -0.15) is 0 Å². The number of hydrogen-bond acceptors (Lipinski definition) is 12. The summed E-state index contributed by atoms with van der Waals surface area (Å²) in [6, 6.07) is 5.78. The van der Waals surface area contributed by atoms with Crippen molar-refractivity contribution in [1.82, 2.24) is 4.90 Å². The molecular weight excluding hydrogens is 530 g/mol. The summed E-state index contributed by atoms with van der Waals surface area (Å²) in [4.78, 5) is 49.2. The van der Waals surface area contributed by atoms with Gasteiger partial charge in [0.05, 0.1) is 29.5 Å². The van der Waals surface area contributed by atoms with Gasteiger partial charge in [0, 0.05) is 17.4 Å². The number of benzene rings is 1. The standard InChI is InChI=1S/C22H24N2O8.C4H3NO3/c1-21(31)8-5-4-6-11(25)12(8)16(26)13-9(21)7-10-15(24(2)3)17(27)14(20(23)30)19(29)22(10,32)18(13)28;6-5(7)4-2-1-3-8-4/h4-6,9-10,15,25-26,29,31-32H,7H2,1-3H3,(H2,23,30);1-3H/t9-,10-,15-,21+,22-;/m0./s1. The van der Waals surface area contributed by atoms with Crippen LogP contribution < -0.4 is 5.73 Å². The van der Waals surface area contributed by atoms with Gasteiger partial charge in [0.2, 0.25) is 5.78 Å². The zero-order chi connectivity index (χ0) is 29.9. The fourth-order valence-electron chi connectivity index (χ4n) is 5.88. The molecule has 5 atom stereocenters. The quantitative estimate of drug-likeness (QED) is 0.175. The van der Waals surface area contributed by atoms with Gasteiger partial charge < -0.3 is 35.7 Å². The highest BCUT2D eigenvalue weighted by atomic mass is 16.6. The summed E-state index contributed by atoms with van der Waals surface area (Å²) in [5.41, 5.74) is -0.548. The zero-order valence-electron chi connectivity index (χ0n) is 21.6. The highest BCUT2D eigenvalue weighted by molar-refractivity contribution is 6.24. The van der Waals surface area contributed by atoms with Crippen molar-refractivity contribution in [2.45, 2.75) is 30.6 Å². The minimum absolute atomic E-state index is 0.170. The van der Waals surface area contributed by atoms with E-state index in [9.17, 15) is 50.0 Å². The largest absolute Gasteiger partial charge is 0.508 e. The third-order valence-corrected chi connectivity index (χ3v) is 7.71. The summed E-state index contributed by atoms with van der Waals surface area (Å²) in [5.74, 6) is -8.12. The second-order valence-electron chi connectivity index (χ2n) is 10.2. The Morgan fingerprint density at radius 2 is 1.80 bits per heavy atom. The molecule has 14 heteroatoms. The number of primary amides is 1. The van der Waals surface area contributed by atoms with Gasteiger partial charge in [-0.1, -0.05) is 12.1 Å². The van der Waals surface area contributed by atoms with E-state index in [2.05, 4.69) is 4.42 Å². The van der Waals surface area contributed by atoms with Gasteiger partial charge in [-0.05, 0) is 45.1 Å². The summed E-state index contributed by atoms with van der Waals surface area (Å²) >= 11 is 0. The lowest BCUT2D eigenvalue weighted by Gasteiger charge is -2.53. The second-order valence-corrected chi connectivity index (χ2v) is 10.2. The van der Waals surface area contributed by atoms with E-state index in [-0.39, 0.29) is 23.4 Å². The number of hydrogen-bond donors (Lipinski definition) is 6. The Morgan fingerprint density at radius 1 is 1.15 bits per heavy atom. The van der Waals surface area contributed by atoms with E-state index in [1.807, 2.05) is 0 Å². The molecule has 1 aromatic carbocycles. The van der Waals surface area contributed by atoms with Crippen molar-refractivity contribution in [3.63, 3.8) is 0 Å². The van der Waals surface area contributed by atoms with Crippen LogP contribution in [0.1, 0.15) is 24.5 Å². The molecule has 0 bridgehead atoms. The van der Waals surface area contributed by atoms with Crippen molar-refractivity contribution < 1.29 is 49.3 Å². The molecule has 7 N–H and O–H groups in total. The van der Waals surface area contributed by atoms with E-state index in [1.54, 1.807) is 0 Å². The summed E-state index contributed by atoms with van der Waals surface area (Å²) in [6.45, 7) is 1.40. The van der Waals surface area contributed by atoms with Crippen LogP contribution in [0.15, 0.2) is 57.9 Å². The molecule has 0 aliphatic heterocycles. The number of fused-ring (bicyclic) bond motifs is 3. The van der Waals surface area contributed by atoms with E-state index in [0.717, 1.165) is 0 Å². The van der Waals surface area contributed by atoms with Gasteiger partial charge in [-0.15, -0.1) is 0 Å². The van der Waals surface area contributed by atoms with Gasteiger partial charge >= 0.3 is 5.88 Å². The SMILES string of the molecule is CN(C)[C@@H]1C(=O)C(C(N)=O)=C(O)[C@@]2(O)C(=O)C3=C(O)c4c(O)cccc4[C@@](C)(O)[C@H]3C[C@@H]12.O=[N+]([O-])c1ccco1. The summed E-state index contributed by atoms with van der Waals surface area (Å²) < 4.78 is 4.40. The predicted octanol–water partition coefficient (Wildman–Crippen LogP) is 0.817. The van der Waals surface area contributed by atoms with Crippen molar-refractivity contribution in [2.75, 3.05) is 14.1 Å². The fourth-order valence-corrected chi connectivity index (χ4v) is 5.88. The third kappa shape index (κ3) is 3.95. The summed E-state index contributed by atoms with van der Waals surface area (Å²) in [7, 11) is 3.01. The molecule has 3 aliphatic rings. The maximum Gasteiger partial charge on any atom is 0.432 e. The molecule has 5 rings (SSSR count). The molecule has 2 aromatic rings. The molecule has 1 aromatic heterocycles. The number of furan rings is 1. The molecule has 40 heavy (non-hydrogen) atoms. The predicted molar refractivity (Wildman–Crippen MR) is 135 cm³/mol. The highest BCUT2D eigenvalue weighted by Crippen LogP contribution is 2.57. The van der Waals surface area contributed by atoms with E-state index in [4.69, 9.17) is 5.73 Å². The molecule has 0 spiro atoms. The first-order chi connectivity index (χ1) is 18.6. The summed E-state index contributed by atoms with van der Waals surface area (Å²) in [5, 5.41) is 64.7. The number of nitrogens with two attached hydrogens (primary N) is 1. The first-order valence-electron chi connectivity index (χ1n) is 12.0. The number of carbonyl (C=O) groups is 3. The molecule has 1 saturated carbocycles. The topological polar surface area (TPSA) is 238 Å². The van der Waals surface area contributed by atoms with Crippen molar-refractivity contribution in [3.8, 4) is 5.75 Å². The number of likely N-dealkylation sites (N-methyl/N-ethyl adjacent to an activating group) is 1. The molecule has 1 fully saturated rings. The zero-order valence-corrected chi connectivity index (χ0v) is 21.6. The first-order valence-corrected chi connectivity index (χ1v) is 12.0. The van der Waals surface area contributed by atoms with E-state index in [0.29, 0.717) is 0 Å². The lowest BCUT2D eigenvalue weighted by Crippen LogP contribution is -2.67. The lowest BCUT2D eigenvalue weighted by molar-refractivity contribution is -0.402. The Bertz CT molecular complexity index is 1490. The lowest BCUT2D eigenvalue weighted by atomic mass is 9.54.